The zero-order valence-corrected chi connectivity index (χ0v) is 27.1. The molecule has 0 spiro atoms. The monoisotopic (exact) mass is 622 g/mol. The van der Waals surface area contributed by atoms with E-state index in [-0.39, 0.29) is 31.3 Å². The third-order valence-electron chi connectivity index (χ3n) is 7.86. The number of aliphatic hydroxyl groups is 4. The van der Waals surface area contributed by atoms with E-state index >= 15 is 0 Å². The van der Waals surface area contributed by atoms with Crippen LogP contribution in [0.5, 0.6) is 0 Å². The van der Waals surface area contributed by atoms with Crippen molar-refractivity contribution < 1.29 is 48.9 Å². The third kappa shape index (κ3) is 12.7. The number of cyclic esters (lactones) is 1. The summed E-state index contributed by atoms with van der Waals surface area (Å²) >= 11 is 0. The second-order valence-electron chi connectivity index (χ2n) is 11.7. The van der Waals surface area contributed by atoms with E-state index in [1.54, 1.807) is 7.11 Å². The van der Waals surface area contributed by atoms with Crippen LogP contribution in [0, 0.1) is 5.92 Å². The number of hydrogen-bond acceptors (Lipinski definition) is 10. The lowest BCUT2D eigenvalue weighted by Crippen LogP contribution is -2.60. The van der Waals surface area contributed by atoms with Gasteiger partial charge in [0, 0.05) is 33.5 Å². The predicted molar refractivity (Wildman–Crippen MR) is 168 cm³/mol. The summed E-state index contributed by atoms with van der Waals surface area (Å²) in [4.78, 5) is 13.3. The van der Waals surface area contributed by atoms with E-state index in [1.807, 2.05) is 57.2 Å². The van der Waals surface area contributed by atoms with Crippen LogP contribution in [0.4, 0.5) is 0 Å². The molecule has 0 aromatic rings. The van der Waals surface area contributed by atoms with E-state index in [0.717, 1.165) is 24.0 Å². The van der Waals surface area contributed by atoms with Crippen molar-refractivity contribution in [2.24, 2.45) is 5.92 Å². The number of carbonyl (C=O) groups excluding carboxylic acids is 1. The summed E-state index contributed by atoms with van der Waals surface area (Å²) in [5.41, 5.74) is 2.03. The topological polar surface area (TPSA) is 144 Å². The molecular weight excluding hydrogens is 568 g/mol. The molecule has 250 valence electrons. The molecule has 10 nitrogen and oxygen atoms in total. The Morgan fingerprint density at radius 3 is 2.41 bits per heavy atom. The lowest BCUT2D eigenvalue weighted by atomic mass is 9.96. The van der Waals surface area contributed by atoms with Gasteiger partial charge in [-0.15, -0.1) is 0 Å². The molecule has 0 bridgehead atoms. The molecule has 0 aliphatic carbocycles. The largest absolute Gasteiger partial charge is 0.458 e. The highest BCUT2D eigenvalue weighted by Crippen LogP contribution is 2.28. The summed E-state index contributed by atoms with van der Waals surface area (Å²) in [5, 5.41) is 42.2. The number of esters is 1. The maximum Gasteiger partial charge on any atom is 0.309 e. The molecule has 4 N–H and O–H groups in total. The van der Waals surface area contributed by atoms with Crippen LogP contribution in [0.25, 0.3) is 0 Å². The molecule has 1 saturated heterocycles. The maximum atomic E-state index is 13.3. The zero-order valence-electron chi connectivity index (χ0n) is 27.1. The van der Waals surface area contributed by atoms with Gasteiger partial charge in [-0.25, -0.2) is 0 Å². The van der Waals surface area contributed by atoms with Gasteiger partial charge in [0.2, 0.25) is 0 Å². The Bertz CT molecular complexity index is 1000. The number of rotatable bonds is 8. The maximum absolute atomic E-state index is 13.3. The van der Waals surface area contributed by atoms with Crippen LogP contribution >= 0.6 is 0 Å². The fraction of sp³-hybridized carbons (Fsp3) is 0.676. The van der Waals surface area contributed by atoms with E-state index in [2.05, 4.69) is 19.1 Å². The van der Waals surface area contributed by atoms with Gasteiger partial charge in [0.15, 0.2) is 6.29 Å². The third-order valence-corrected chi connectivity index (χ3v) is 7.86. The quantitative estimate of drug-likeness (QED) is 0.234. The van der Waals surface area contributed by atoms with Crippen molar-refractivity contribution in [1.29, 1.82) is 0 Å². The number of carbonyl (C=O) groups is 1. The summed E-state index contributed by atoms with van der Waals surface area (Å²) in [6, 6.07) is 0. The van der Waals surface area contributed by atoms with Crippen LogP contribution in [-0.4, -0.2) is 102 Å². The normalized spacial score (nSPS) is 38.3. The lowest BCUT2D eigenvalue weighted by Gasteiger charge is -2.42. The standard InChI is InChI=1S/C34H54O10/c1-7-8-13-23(3)17-26-15-12-10-9-11-14-22(2)16-24(4)28(40-5)19-25(36)18-27(20-30(37)42-26)43-34-32(39)33(41-6)31(38)29(21-35)44-34/h7-12,16-17,22,25-29,31-36,38-39H,13-15,18-21H2,1-6H3/b8-7+,11-9+,12-10+,23-17-,24-16+/t22-,25?,26+,27+,28-,29+,31+,32+,33-,34+/m0/s1. The van der Waals surface area contributed by atoms with E-state index in [1.165, 1.54) is 7.11 Å². The number of methoxy groups -OCH3 is 2. The molecule has 0 saturated carbocycles. The number of ether oxygens (including phenoxy) is 5. The Hall–Kier alpha value is -2.15. The highest BCUT2D eigenvalue weighted by Gasteiger charge is 2.46. The summed E-state index contributed by atoms with van der Waals surface area (Å²) in [6.45, 7) is 7.48. The van der Waals surface area contributed by atoms with Crippen molar-refractivity contribution in [1.82, 2.24) is 0 Å². The summed E-state index contributed by atoms with van der Waals surface area (Å²) in [7, 11) is 2.91. The number of aliphatic hydroxyl groups excluding tert-OH is 4. The summed E-state index contributed by atoms with van der Waals surface area (Å²) in [5.74, 6) is -0.295. The van der Waals surface area contributed by atoms with Crippen molar-refractivity contribution in [3.63, 3.8) is 0 Å². The molecule has 1 unspecified atom stereocenters. The van der Waals surface area contributed by atoms with Crippen LogP contribution in [0.1, 0.15) is 66.2 Å². The van der Waals surface area contributed by atoms with Gasteiger partial charge in [-0.2, -0.15) is 0 Å². The molecular formula is C34H54O10. The van der Waals surface area contributed by atoms with Crippen molar-refractivity contribution in [3.8, 4) is 0 Å². The highest BCUT2D eigenvalue weighted by atomic mass is 16.7. The fourth-order valence-corrected chi connectivity index (χ4v) is 5.46. The van der Waals surface area contributed by atoms with Crippen LogP contribution < -0.4 is 0 Å². The predicted octanol–water partition coefficient (Wildman–Crippen LogP) is 3.68. The fourth-order valence-electron chi connectivity index (χ4n) is 5.46. The Kier molecular flexibility index (Phi) is 17.4. The minimum atomic E-state index is -1.42. The second kappa shape index (κ2) is 20.1. The van der Waals surface area contributed by atoms with Crippen LogP contribution in [-0.2, 0) is 28.5 Å². The van der Waals surface area contributed by atoms with E-state index in [4.69, 9.17) is 23.7 Å². The highest BCUT2D eigenvalue weighted by molar-refractivity contribution is 5.70. The van der Waals surface area contributed by atoms with Crippen LogP contribution in [0.3, 0.4) is 0 Å². The lowest BCUT2D eigenvalue weighted by molar-refractivity contribution is -0.316. The average molecular weight is 623 g/mol. The second-order valence-corrected chi connectivity index (χ2v) is 11.7. The van der Waals surface area contributed by atoms with Gasteiger partial charge in [0.1, 0.15) is 30.5 Å². The van der Waals surface area contributed by atoms with E-state index in [9.17, 15) is 25.2 Å². The number of allylic oxidation sites excluding steroid dienone is 7. The molecule has 2 aliphatic rings. The van der Waals surface area contributed by atoms with Gasteiger partial charge < -0.3 is 44.1 Å². The smallest absolute Gasteiger partial charge is 0.309 e. The summed E-state index contributed by atoms with van der Waals surface area (Å²) < 4.78 is 28.6. The minimum absolute atomic E-state index is 0.0117. The van der Waals surface area contributed by atoms with Gasteiger partial charge in [-0.05, 0) is 51.2 Å². The van der Waals surface area contributed by atoms with Crippen molar-refractivity contribution in [2.45, 2.75) is 121 Å². The molecule has 0 aromatic heterocycles. The molecule has 10 heteroatoms. The minimum Gasteiger partial charge on any atom is -0.458 e. The van der Waals surface area contributed by atoms with Crippen molar-refractivity contribution in [3.05, 3.63) is 59.8 Å². The van der Waals surface area contributed by atoms with Crippen molar-refractivity contribution >= 4 is 5.97 Å². The van der Waals surface area contributed by atoms with Gasteiger partial charge in [-0.3, -0.25) is 4.79 Å². The Labute approximate surface area is 262 Å². The first-order valence-electron chi connectivity index (χ1n) is 15.5. The average Bonchev–Trinajstić information content (AvgIpc) is 2.97. The Balaban J connectivity index is 2.39. The SMILES string of the molecule is C/C=C/C/C(C)=C\[C@H]1C/C=C/C=C/C[C@H](C)/C=C(\C)[C@@H](OC)CC(O)C[C@@H](O[C@@H]2O[C@H](CO)[C@@H](O)[C@H](OC)[C@H]2O)CC(=O)O1. The molecule has 2 rings (SSSR count). The van der Waals surface area contributed by atoms with Gasteiger partial charge in [0.25, 0.3) is 0 Å². The first kappa shape index (κ1) is 38.0. The molecule has 2 aliphatic heterocycles. The van der Waals surface area contributed by atoms with E-state index in [0.29, 0.717) is 6.42 Å². The molecule has 44 heavy (non-hydrogen) atoms. The molecule has 0 amide bonds. The molecule has 0 aromatic carbocycles. The Morgan fingerprint density at radius 2 is 1.77 bits per heavy atom. The Morgan fingerprint density at radius 1 is 1.07 bits per heavy atom. The van der Waals surface area contributed by atoms with Crippen LogP contribution in [0.2, 0.25) is 0 Å². The van der Waals surface area contributed by atoms with Crippen molar-refractivity contribution in [2.75, 3.05) is 20.8 Å². The van der Waals surface area contributed by atoms with Gasteiger partial charge >= 0.3 is 5.97 Å². The van der Waals surface area contributed by atoms with Crippen LogP contribution in [0.15, 0.2) is 59.8 Å². The van der Waals surface area contributed by atoms with Gasteiger partial charge in [-0.1, -0.05) is 55.0 Å². The number of hydrogen-bond donors (Lipinski definition) is 4. The summed E-state index contributed by atoms with van der Waals surface area (Å²) in [6.07, 6.45) is 9.13. The molecule has 1 fully saturated rings. The van der Waals surface area contributed by atoms with E-state index < -0.39 is 61.6 Å². The van der Waals surface area contributed by atoms with Gasteiger partial charge in [0.05, 0.1) is 31.3 Å². The zero-order chi connectivity index (χ0) is 32.6. The molecule has 2 heterocycles. The molecule has 10 atom stereocenters. The first-order chi connectivity index (χ1) is 21.0. The molecule has 0 radical (unpaired) electrons. The first-order valence-corrected chi connectivity index (χ1v) is 15.5.